The number of fused-ring (bicyclic) bond motifs is 5. The van der Waals surface area contributed by atoms with Crippen LogP contribution in [0, 0.1) is 11.8 Å². The molecule has 3 unspecified atom stereocenters. The number of anilines is 3. The zero-order chi connectivity index (χ0) is 25.8. The number of benzene rings is 4. The topological polar surface area (TPSA) is 16.4 Å². The minimum absolute atomic E-state index is 0.712. The second-order valence-corrected chi connectivity index (χ2v) is 12.4. The molecule has 3 saturated carbocycles. The third-order valence-electron chi connectivity index (χ3n) is 10.2. The Morgan fingerprint density at radius 2 is 1.31 bits per heavy atom. The summed E-state index contributed by atoms with van der Waals surface area (Å²) in [6.07, 6.45) is 12.5. The fourth-order valence-corrected chi connectivity index (χ4v) is 8.22. The van der Waals surface area contributed by atoms with Gasteiger partial charge in [-0.2, -0.15) is 0 Å². The first kappa shape index (κ1) is 23.4. The van der Waals surface area contributed by atoms with Gasteiger partial charge in [-0.3, -0.25) is 0 Å². The number of rotatable bonds is 5. The van der Waals surface area contributed by atoms with Gasteiger partial charge in [0.05, 0.1) is 11.1 Å². The van der Waals surface area contributed by atoms with E-state index >= 15 is 0 Å². The summed E-state index contributed by atoms with van der Waals surface area (Å²) >= 11 is 0. The summed E-state index contributed by atoms with van der Waals surface area (Å²) < 4.78 is 6.30. The van der Waals surface area contributed by atoms with Gasteiger partial charge in [-0.15, -0.1) is 0 Å². The maximum absolute atomic E-state index is 6.30. The lowest BCUT2D eigenvalue weighted by Gasteiger charge is -2.28. The van der Waals surface area contributed by atoms with Gasteiger partial charge < -0.3 is 9.32 Å². The summed E-state index contributed by atoms with van der Waals surface area (Å²) in [7, 11) is 0. The van der Waals surface area contributed by atoms with Crippen LogP contribution >= 0.6 is 0 Å². The Kier molecular flexibility index (Phi) is 5.75. The third-order valence-corrected chi connectivity index (χ3v) is 10.2. The molecule has 8 rings (SSSR count). The van der Waals surface area contributed by atoms with Crippen molar-refractivity contribution in [3.05, 3.63) is 102 Å². The first-order valence-electron chi connectivity index (χ1n) is 15.2. The highest BCUT2D eigenvalue weighted by Crippen LogP contribution is 2.53. The smallest absolute Gasteiger partial charge is 0.137 e. The van der Waals surface area contributed by atoms with Crippen LogP contribution in [0.4, 0.5) is 17.1 Å². The van der Waals surface area contributed by atoms with Crippen LogP contribution in [0.5, 0.6) is 0 Å². The van der Waals surface area contributed by atoms with Crippen LogP contribution in [0.3, 0.4) is 0 Å². The van der Waals surface area contributed by atoms with Crippen molar-refractivity contribution in [3.8, 4) is 0 Å². The summed E-state index contributed by atoms with van der Waals surface area (Å²) in [6.45, 7) is 0. The maximum atomic E-state index is 6.30. The highest BCUT2D eigenvalue weighted by molar-refractivity contribution is 6.13. The van der Waals surface area contributed by atoms with Crippen molar-refractivity contribution in [1.29, 1.82) is 0 Å². The van der Waals surface area contributed by atoms with Crippen molar-refractivity contribution in [2.75, 3.05) is 4.90 Å². The van der Waals surface area contributed by atoms with E-state index in [1.807, 2.05) is 0 Å². The second kappa shape index (κ2) is 9.59. The van der Waals surface area contributed by atoms with Gasteiger partial charge in [0.25, 0.3) is 0 Å². The first-order chi connectivity index (χ1) is 19.3. The van der Waals surface area contributed by atoms with Crippen LogP contribution < -0.4 is 4.90 Å². The van der Waals surface area contributed by atoms with E-state index in [0.717, 1.165) is 28.9 Å². The number of nitrogens with zero attached hydrogens (tertiary/aromatic N) is 1. The van der Waals surface area contributed by atoms with Crippen LogP contribution in [-0.4, -0.2) is 0 Å². The molecule has 0 radical (unpaired) electrons. The Hall–Kier alpha value is -3.52. The molecule has 0 amide bonds. The van der Waals surface area contributed by atoms with Gasteiger partial charge >= 0.3 is 0 Å². The van der Waals surface area contributed by atoms with E-state index in [1.54, 1.807) is 0 Å². The molecule has 0 N–H and O–H groups in total. The highest BCUT2D eigenvalue weighted by atomic mass is 16.3. The van der Waals surface area contributed by atoms with E-state index in [-0.39, 0.29) is 0 Å². The van der Waals surface area contributed by atoms with E-state index in [9.17, 15) is 0 Å². The molecule has 3 aliphatic carbocycles. The van der Waals surface area contributed by atoms with Crippen LogP contribution in [0.1, 0.15) is 80.8 Å². The summed E-state index contributed by atoms with van der Waals surface area (Å²) in [5.41, 5.74) is 8.51. The maximum Gasteiger partial charge on any atom is 0.137 e. The predicted octanol–water partition coefficient (Wildman–Crippen LogP) is 11.0. The monoisotopic (exact) mass is 511 g/mol. The molecule has 3 aliphatic rings. The predicted molar refractivity (Wildman–Crippen MR) is 162 cm³/mol. The minimum Gasteiger partial charge on any atom is -0.456 e. The Morgan fingerprint density at radius 1 is 0.590 bits per heavy atom. The van der Waals surface area contributed by atoms with E-state index < -0.39 is 0 Å². The van der Waals surface area contributed by atoms with Crippen molar-refractivity contribution in [3.63, 3.8) is 0 Å². The van der Waals surface area contributed by atoms with E-state index in [2.05, 4.69) is 95.9 Å². The zero-order valence-corrected chi connectivity index (χ0v) is 22.7. The van der Waals surface area contributed by atoms with E-state index in [0.29, 0.717) is 5.92 Å². The Morgan fingerprint density at radius 3 is 2.03 bits per heavy atom. The van der Waals surface area contributed by atoms with Crippen LogP contribution in [0.15, 0.2) is 95.4 Å². The Balaban J connectivity index is 1.23. The molecule has 39 heavy (non-hydrogen) atoms. The third kappa shape index (κ3) is 4.07. The van der Waals surface area contributed by atoms with Gasteiger partial charge in [-0.1, -0.05) is 74.2 Å². The molecule has 0 saturated heterocycles. The Bertz CT molecular complexity index is 1610. The lowest BCUT2D eigenvalue weighted by Crippen LogP contribution is -2.12. The fraction of sp³-hybridized carbons (Fsp3) is 0.351. The number of hydrogen-bond donors (Lipinski definition) is 0. The SMILES string of the molecule is c1ccc2c(c1)oc1cccc(N(c3ccc(C4CCCCC4)cc3)c3ccc(C4CC5CCC4C5)cc3)c12. The normalized spacial score (nSPS) is 23.1. The molecule has 2 bridgehead atoms. The van der Waals surface area contributed by atoms with Crippen LogP contribution in [0.2, 0.25) is 0 Å². The molecule has 1 heterocycles. The molecule has 1 aromatic heterocycles. The largest absolute Gasteiger partial charge is 0.456 e. The molecule has 4 aromatic carbocycles. The molecule has 0 aliphatic heterocycles. The standard InChI is InChI=1S/C37H37NO/c1-2-7-26(8-3-1)27-15-19-30(20-16-27)38(31-21-17-28(18-22-31)33-24-25-13-14-29(33)23-25)34-10-6-12-36-37(34)32-9-4-5-11-35(32)39-36/h4-6,9-12,15-22,25-26,29,33H,1-3,7-8,13-14,23-24H2. The van der Waals surface area contributed by atoms with E-state index in [4.69, 9.17) is 4.42 Å². The van der Waals surface area contributed by atoms with Gasteiger partial charge in [-0.05, 0) is 109 Å². The summed E-state index contributed by atoms with van der Waals surface area (Å²) in [4.78, 5) is 2.44. The molecule has 5 aromatic rings. The van der Waals surface area contributed by atoms with Crippen molar-refractivity contribution in [2.24, 2.45) is 11.8 Å². The quantitative estimate of drug-likeness (QED) is 0.233. The van der Waals surface area contributed by atoms with Crippen molar-refractivity contribution in [2.45, 2.75) is 69.6 Å². The molecule has 0 spiro atoms. The van der Waals surface area contributed by atoms with Crippen molar-refractivity contribution < 1.29 is 4.42 Å². The lowest BCUT2D eigenvalue weighted by atomic mass is 9.83. The van der Waals surface area contributed by atoms with Gasteiger partial charge in [0.15, 0.2) is 0 Å². The average Bonchev–Trinajstić information content (AvgIpc) is 3.73. The summed E-state index contributed by atoms with van der Waals surface area (Å²) in [5.74, 6) is 3.33. The average molecular weight is 512 g/mol. The van der Waals surface area contributed by atoms with Crippen LogP contribution in [-0.2, 0) is 0 Å². The van der Waals surface area contributed by atoms with Gasteiger partial charge in [0, 0.05) is 16.8 Å². The lowest BCUT2D eigenvalue weighted by molar-refractivity contribution is 0.420. The minimum atomic E-state index is 0.712. The highest BCUT2D eigenvalue weighted by Gasteiger charge is 2.40. The first-order valence-corrected chi connectivity index (χ1v) is 15.2. The van der Waals surface area contributed by atoms with Gasteiger partial charge in [0.1, 0.15) is 11.2 Å². The summed E-state index contributed by atoms with van der Waals surface area (Å²) in [6, 6.07) is 33.9. The molecule has 2 nitrogen and oxygen atoms in total. The van der Waals surface area contributed by atoms with E-state index in [1.165, 1.54) is 96.7 Å². The van der Waals surface area contributed by atoms with Crippen LogP contribution in [0.25, 0.3) is 21.9 Å². The summed E-state index contributed by atoms with van der Waals surface area (Å²) in [5, 5.41) is 2.35. The second-order valence-electron chi connectivity index (χ2n) is 12.4. The molecule has 3 fully saturated rings. The molecule has 2 heteroatoms. The number of hydrogen-bond acceptors (Lipinski definition) is 2. The van der Waals surface area contributed by atoms with Crippen molar-refractivity contribution >= 4 is 39.0 Å². The molecule has 196 valence electrons. The van der Waals surface area contributed by atoms with Gasteiger partial charge in [-0.25, -0.2) is 0 Å². The number of para-hydroxylation sites is 1. The molecule has 3 atom stereocenters. The zero-order valence-electron chi connectivity index (χ0n) is 22.7. The number of furan rings is 1. The van der Waals surface area contributed by atoms with Gasteiger partial charge in [0.2, 0.25) is 0 Å². The Labute approximate surface area is 231 Å². The molecular weight excluding hydrogens is 474 g/mol. The van der Waals surface area contributed by atoms with Crippen molar-refractivity contribution in [1.82, 2.24) is 0 Å². The molecular formula is C37H37NO. The fourth-order valence-electron chi connectivity index (χ4n) is 8.22.